The summed E-state index contributed by atoms with van der Waals surface area (Å²) in [6, 6.07) is 15.5. The van der Waals surface area contributed by atoms with E-state index < -0.39 is 5.97 Å². The number of hydrogen-bond donors (Lipinski definition) is 1. The van der Waals surface area contributed by atoms with Gasteiger partial charge in [-0.3, -0.25) is 0 Å². The molecule has 0 aliphatic carbocycles. The van der Waals surface area contributed by atoms with E-state index in [1.165, 1.54) is 6.08 Å². The summed E-state index contributed by atoms with van der Waals surface area (Å²) in [5, 5.41) is 10.1. The van der Waals surface area contributed by atoms with E-state index in [9.17, 15) is 9.90 Å². The molecule has 0 radical (unpaired) electrons. The zero-order valence-corrected chi connectivity index (χ0v) is 15.6. The minimum absolute atomic E-state index is 0.0736. The molecule has 6 heteroatoms. The van der Waals surface area contributed by atoms with Crippen molar-refractivity contribution < 1.29 is 23.8 Å². The second kappa shape index (κ2) is 7.68. The van der Waals surface area contributed by atoms with Crippen LogP contribution in [0.4, 0.5) is 5.69 Å². The Balaban J connectivity index is 1.59. The SMILES string of the molecule is CCO/C(=C\c1ccc2oc(CN3CCOc4ccccc43)cc2c1)C(=O)O. The first-order chi connectivity index (χ1) is 13.6. The van der Waals surface area contributed by atoms with Crippen LogP contribution in [0.3, 0.4) is 0 Å². The highest BCUT2D eigenvalue weighted by molar-refractivity contribution is 5.91. The lowest BCUT2D eigenvalue weighted by molar-refractivity contribution is -0.136. The maximum atomic E-state index is 11.3. The van der Waals surface area contributed by atoms with Crippen LogP contribution in [-0.2, 0) is 16.1 Å². The number of carboxylic acid groups (broad SMARTS) is 1. The Morgan fingerprint density at radius 1 is 1.25 bits per heavy atom. The molecule has 1 aromatic heterocycles. The third-order valence-corrected chi connectivity index (χ3v) is 4.57. The molecule has 0 unspecified atom stereocenters. The molecule has 1 aliphatic rings. The van der Waals surface area contributed by atoms with Crippen LogP contribution in [0, 0.1) is 0 Å². The lowest BCUT2D eigenvalue weighted by Gasteiger charge is -2.30. The number of rotatable bonds is 6. The van der Waals surface area contributed by atoms with Crippen molar-refractivity contribution in [2.75, 3.05) is 24.7 Å². The highest BCUT2D eigenvalue weighted by Gasteiger charge is 2.19. The zero-order valence-electron chi connectivity index (χ0n) is 15.6. The number of carboxylic acids is 1. The molecule has 0 atom stereocenters. The average molecular weight is 379 g/mol. The van der Waals surface area contributed by atoms with Crippen molar-refractivity contribution in [2.45, 2.75) is 13.5 Å². The summed E-state index contributed by atoms with van der Waals surface area (Å²) >= 11 is 0. The van der Waals surface area contributed by atoms with E-state index in [4.69, 9.17) is 13.9 Å². The number of para-hydroxylation sites is 2. The van der Waals surface area contributed by atoms with Gasteiger partial charge in [-0.15, -0.1) is 0 Å². The Morgan fingerprint density at radius 2 is 2.11 bits per heavy atom. The summed E-state index contributed by atoms with van der Waals surface area (Å²) in [6.45, 7) is 4.13. The second-order valence-electron chi connectivity index (χ2n) is 6.49. The minimum Gasteiger partial charge on any atom is -0.490 e. The van der Waals surface area contributed by atoms with Crippen molar-refractivity contribution in [1.29, 1.82) is 0 Å². The highest BCUT2D eigenvalue weighted by Crippen LogP contribution is 2.33. The molecule has 0 amide bonds. The lowest BCUT2D eigenvalue weighted by Crippen LogP contribution is -2.31. The highest BCUT2D eigenvalue weighted by atomic mass is 16.5. The maximum absolute atomic E-state index is 11.3. The molecule has 3 aromatic rings. The number of ether oxygens (including phenoxy) is 2. The molecule has 0 bridgehead atoms. The molecule has 2 aromatic carbocycles. The molecular formula is C22H21NO5. The van der Waals surface area contributed by atoms with Crippen LogP contribution in [0.2, 0.25) is 0 Å². The van der Waals surface area contributed by atoms with E-state index in [-0.39, 0.29) is 5.76 Å². The van der Waals surface area contributed by atoms with Gasteiger partial charge in [-0.05, 0) is 48.9 Å². The summed E-state index contributed by atoms with van der Waals surface area (Å²) in [5.41, 5.74) is 2.57. The van der Waals surface area contributed by atoms with Gasteiger partial charge in [0.25, 0.3) is 0 Å². The molecule has 0 saturated carbocycles. The smallest absolute Gasteiger partial charge is 0.371 e. The Labute approximate surface area is 162 Å². The minimum atomic E-state index is -1.08. The fraction of sp³-hybridized carbons (Fsp3) is 0.227. The predicted molar refractivity (Wildman–Crippen MR) is 106 cm³/mol. The lowest BCUT2D eigenvalue weighted by atomic mass is 10.1. The number of carbonyl (C=O) groups is 1. The molecular weight excluding hydrogens is 358 g/mol. The van der Waals surface area contributed by atoms with Crippen molar-refractivity contribution in [3.8, 4) is 5.75 Å². The molecule has 0 saturated heterocycles. The van der Waals surface area contributed by atoms with Crippen LogP contribution < -0.4 is 9.64 Å². The molecule has 2 heterocycles. The zero-order chi connectivity index (χ0) is 19.5. The fourth-order valence-electron chi connectivity index (χ4n) is 3.34. The van der Waals surface area contributed by atoms with Gasteiger partial charge < -0.3 is 23.9 Å². The summed E-state index contributed by atoms with van der Waals surface area (Å²) in [5.74, 6) is 0.571. The number of benzene rings is 2. The number of fused-ring (bicyclic) bond motifs is 2. The van der Waals surface area contributed by atoms with Crippen LogP contribution in [0.15, 0.2) is 58.7 Å². The molecule has 6 nitrogen and oxygen atoms in total. The van der Waals surface area contributed by atoms with Crippen molar-refractivity contribution in [2.24, 2.45) is 0 Å². The molecule has 144 valence electrons. The average Bonchev–Trinajstić information content (AvgIpc) is 3.09. The largest absolute Gasteiger partial charge is 0.490 e. The third-order valence-electron chi connectivity index (χ3n) is 4.57. The van der Waals surface area contributed by atoms with Crippen LogP contribution in [-0.4, -0.2) is 30.8 Å². The first-order valence-electron chi connectivity index (χ1n) is 9.21. The van der Waals surface area contributed by atoms with E-state index in [1.54, 1.807) is 6.92 Å². The molecule has 28 heavy (non-hydrogen) atoms. The fourth-order valence-corrected chi connectivity index (χ4v) is 3.34. The molecule has 4 rings (SSSR count). The topological polar surface area (TPSA) is 72.1 Å². The van der Waals surface area contributed by atoms with Gasteiger partial charge >= 0.3 is 5.97 Å². The van der Waals surface area contributed by atoms with Crippen molar-refractivity contribution in [3.05, 3.63) is 65.6 Å². The number of nitrogens with zero attached hydrogens (tertiary/aromatic N) is 1. The predicted octanol–water partition coefficient (Wildman–Crippen LogP) is 4.29. The van der Waals surface area contributed by atoms with Gasteiger partial charge in [-0.1, -0.05) is 18.2 Å². The number of aliphatic carboxylic acids is 1. The second-order valence-corrected chi connectivity index (χ2v) is 6.49. The van der Waals surface area contributed by atoms with Gasteiger partial charge in [-0.25, -0.2) is 4.79 Å². The Morgan fingerprint density at radius 3 is 2.93 bits per heavy atom. The van der Waals surface area contributed by atoms with Gasteiger partial charge in [0.05, 0.1) is 25.4 Å². The monoisotopic (exact) mass is 379 g/mol. The van der Waals surface area contributed by atoms with Crippen molar-refractivity contribution in [1.82, 2.24) is 0 Å². The van der Waals surface area contributed by atoms with Gasteiger partial charge in [0.15, 0.2) is 0 Å². The number of anilines is 1. The van der Waals surface area contributed by atoms with Crippen LogP contribution >= 0.6 is 0 Å². The van der Waals surface area contributed by atoms with Crippen LogP contribution in [0.5, 0.6) is 5.75 Å². The summed E-state index contributed by atoms with van der Waals surface area (Å²) < 4.78 is 16.9. The van der Waals surface area contributed by atoms with Gasteiger partial charge in [-0.2, -0.15) is 0 Å². The van der Waals surface area contributed by atoms with E-state index in [1.807, 2.05) is 48.5 Å². The Kier molecular flexibility index (Phi) is 4.93. The van der Waals surface area contributed by atoms with Gasteiger partial charge in [0.1, 0.15) is 23.7 Å². The van der Waals surface area contributed by atoms with Crippen molar-refractivity contribution in [3.63, 3.8) is 0 Å². The molecule has 0 spiro atoms. The molecule has 0 fully saturated rings. The Bertz CT molecular complexity index is 1040. The van der Waals surface area contributed by atoms with Crippen LogP contribution in [0.25, 0.3) is 17.0 Å². The number of hydrogen-bond acceptors (Lipinski definition) is 5. The maximum Gasteiger partial charge on any atom is 0.371 e. The summed E-state index contributed by atoms with van der Waals surface area (Å²) in [7, 11) is 0. The van der Waals surface area contributed by atoms with Gasteiger partial charge in [0, 0.05) is 5.39 Å². The van der Waals surface area contributed by atoms with Crippen LogP contribution in [0.1, 0.15) is 18.2 Å². The number of furan rings is 1. The van der Waals surface area contributed by atoms with E-state index in [0.29, 0.717) is 19.8 Å². The van der Waals surface area contributed by atoms with E-state index in [0.717, 1.165) is 40.3 Å². The third kappa shape index (κ3) is 3.67. The quantitative estimate of drug-likeness (QED) is 0.509. The van der Waals surface area contributed by atoms with E-state index >= 15 is 0 Å². The first-order valence-corrected chi connectivity index (χ1v) is 9.21. The summed E-state index contributed by atoms with van der Waals surface area (Å²) in [6.07, 6.45) is 1.52. The van der Waals surface area contributed by atoms with Crippen molar-refractivity contribution >= 4 is 28.7 Å². The molecule has 1 N–H and O–H groups in total. The van der Waals surface area contributed by atoms with E-state index in [2.05, 4.69) is 4.90 Å². The van der Waals surface area contributed by atoms with Gasteiger partial charge in [0.2, 0.25) is 5.76 Å². The standard InChI is InChI=1S/C22H21NO5/c1-2-26-21(22(24)25)12-15-7-8-19-16(11-15)13-17(28-19)14-23-9-10-27-20-6-4-3-5-18(20)23/h3-8,11-13H,2,9-10,14H2,1H3,(H,24,25)/b21-12-. The Hall–Kier alpha value is -3.41. The summed E-state index contributed by atoms with van der Waals surface area (Å²) in [4.78, 5) is 13.5. The normalized spacial score (nSPS) is 13.9. The first kappa shape index (κ1) is 18.0. The molecule has 1 aliphatic heterocycles.